The van der Waals surface area contributed by atoms with E-state index in [9.17, 15) is 4.79 Å². The molecule has 0 bridgehead atoms. The normalized spacial score (nSPS) is 15.2. The average molecular weight is 379 g/mol. The minimum absolute atomic E-state index is 0.236. The molecule has 7 heteroatoms. The van der Waals surface area contributed by atoms with Crippen LogP contribution in [0.3, 0.4) is 0 Å². The summed E-state index contributed by atoms with van der Waals surface area (Å²) in [6, 6.07) is 8.76. The maximum Gasteiger partial charge on any atom is 0.255 e. The van der Waals surface area contributed by atoms with Crippen molar-refractivity contribution in [3.63, 3.8) is 0 Å². The van der Waals surface area contributed by atoms with Crippen LogP contribution in [-0.4, -0.2) is 48.5 Å². The van der Waals surface area contributed by atoms with Crippen LogP contribution in [0.15, 0.2) is 36.5 Å². The number of hydrogen-bond acceptors (Lipinski definition) is 4. The lowest BCUT2D eigenvalue weighted by Gasteiger charge is -2.36. The van der Waals surface area contributed by atoms with Crippen LogP contribution in [0.5, 0.6) is 0 Å². The second-order valence-electron chi connectivity index (χ2n) is 5.90. The van der Waals surface area contributed by atoms with Gasteiger partial charge in [0.15, 0.2) is 0 Å². The molecule has 25 heavy (non-hydrogen) atoms. The summed E-state index contributed by atoms with van der Waals surface area (Å²) in [6.07, 6.45) is 1.51. The van der Waals surface area contributed by atoms with Crippen molar-refractivity contribution in [1.29, 1.82) is 0 Å². The zero-order chi connectivity index (χ0) is 17.8. The Morgan fingerprint density at radius 1 is 1.16 bits per heavy atom. The first kappa shape index (κ1) is 18.0. The van der Waals surface area contributed by atoms with Crippen LogP contribution in [0.4, 0.5) is 11.4 Å². The Bertz CT molecular complexity index is 760. The maximum atomic E-state index is 12.5. The molecule has 5 nitrogen and oxygen atoms in total. The summed E-state index contributed by atoms with van der Waals surface area (Å²) in [6.45, 7) is 7.07. The zero-order valence-electron chi connectivity index (χ0n) is 14.0. The number of pyridine rings is 1. The summed E-state index contributed by atoms with van der Waals surface area (Å²) >= 11 is 12.0. The van der Waals surface area contributed by atoms with E-state index in [1.165, 1.54) is 6.20 Å². The summed E-state index contributed by atoms with van der Waals surface area (Å²) in [5, 5.41) is 3.82. The summed E-state index contributed by atoms with van der Waals surface area (Å²) in [7, 11) is 0. The van der Waals surface area contributed by atoms with Crippen molar-refractivity contribution in [3.8, 4) is 0 Å². The molecule has 0 unspecified atom stereocenters. The molecule has 1 amide bonds. The molecule has 1 fully saturated rings. The van der Waals surface area contributed by atoms with E-state index in [0.29, 0.717) is 16.3 Å². The standard InChI is InChI=1S/C18H20Cl2N4O/c1-2-23-7-9-24(10-8-23)16-4-3-14(19)12-15(16)22-18(25)13-5-6-21-17(20)11-13/h3-6,11-12H,2,7-10H2,1H3,(H,22,25). The van der Waals surface area contributed by atoms with Crippen molar-refractivity contribution in [3.05, 3.63) is 52.3 Å². The molecular formula is C18H20Cl2N4O. The Morgan fingerprint density at radius 2 is 1.92 bits per heavy atom. The first-order chi connectivity index (χ1) is 12.1. The van der Waals surface area contributed by atoms with Crippen molar-refractivity contribution in [1.82, 2.24) is 9.88 Å². The van der Waals surface area contributed by atoms with Gasteiger partial charge in [-0.05, 0) is 36.9 Å². The summed E-state index contributed by atoms with van der Waals surface area (Å²) < 4.78 is 0. The number of halogens is 2. The lowest BCUT2D eigenvalue weighted by Crippen LogP contribution is -2.46. The van der Waals surface area contributed by atoms with Gasteiger partial charge in [0.1, 0.15) is 5.15 Å². The molecule has 1 aromatic carbocycles. The largest absolute Gasteiger partial charge is 0.367 e. The van der Waals surface area contributed by atoms with Crippen LogP contribution in [0.25, 0.3) is 0 Å². The van der Waals surface area contributed by atoms with Gasteiger partial charge in [0, 0.05) is 43.0 Å². The molecule has 132 valence electrons. The quantitative estimate of drug-likeness (QED) is 0.822. The van der Waals surface area contributed by atoms with Crippen molar-refractivity contribution in [2.75, 3.05) is 42.9 Å². The molecule has 2 aromatic rings. The highest BCUT2D eigenvalue weighted by Gasteiger charge is 2.19. The third kappa shape index (κ3) is 4.42. The second-order valence-corrected chi connectivity index (χ2v) is 6.73. The maximum absolute atomic E-state index is 12.5. The van der Waals surface area contributed by atoms with Gasteiger partial charge in [0.2, 0.25) is 0 Å². The van der Waals surface area contributed by atoms with Gasteiger partial charge in [-0.3, -0.25) is 4.79 Å². The highest BCUT2D eigenvalue weighted by atomic mass is 35.5. The summed E-state index contributed by atoms with van der Waals surface area (Å²) in [5.41, 5.74) is 2.14. The van der Waals surface area contributed by atoms with E-state index in [2.05, 4.69) is 27.0 Å². The zero-order valence-corrected chi connectivity index (χ0v) is 15.5. The Balaban J connectivity index is 1.81. The molecule has 1 saturated heterocycles. The number of anilines is 2. The van der Waals surface area contributed by atoms with E-state index in [4.69, 9.17) is 23.2 Å². The van der Waals surface area contributed by atoms with E-state index in [0.717, 1.165) is 38.4 Å². The van der Waals surface area contributed by atoms with Crippen molar-refractivity contribution in [2.45, 2.75) is 6.92 Å². The highest BCUT2D eigenvalue weighted by molar-refractivity contribution is 6.31. The fourth-order valence-corrected chi connectivity index (χ4v) is 3.27. The lowest BCUT2D eigenvalue weighted by molar-refractivity contribution is 0.102. The number of carbonyl (C=O) groups excluding carboxylic acids is 1. The van der Waals surface area contributed by atoms with E-state index < -0.39 is 0 Å². The fraction of sp³-hybridized carbons (Fsp3) is 0.333. The molecule has 1 aliphatic heterocycles. The molecule has 0 aliphatic carbocycles. The second kappa shape index (κ2) is 8.04. The van der Waals surface area contributed by atoms with E-state index in [1.807, 2.05) is 12.1 Å². The molecule has 2 heterocycles. The predicted octanol–water partition coefficient (Wildman–Crippen LogP) is 3.78. The Labute approximate surface area is 157 Å². The Kier molecular flexibility index (Phi) is 5.78. The van der Waals surface area contributed by atoms with Crippen LogP contribution in [0.2, 0.25) is 10.2 Å². The van der Waals surface area contributed by atoms with Gasteiger partial charge in [-0.15, -0.1) is 0 Å². The molecule has 0 spiro atoms. The van der Waals surface area contributed by atoms with Gasteiger partial charge in [-0.1, -0.05) is 30.1 Å². The number of likely N-dealkylation sites (N-methyl/N-ethyl adjacent to an activating group) is 1. The number of aromatic nitrogens is 1. The molecule has 1 aromatic heterocycles. The number of amides is 1. The Morgan fingerprint density at radius 3 is 2.60 bits per heavy atom. The Hall–Kier alpha value is -1.82. The van der Waals surface area contributed by atoms with Gasteiger partial charge in [0.25, 0.3) is 5.91 Å². The molecule has 3 rings (SSSR count). The summed E-state index contributed by atoms with van der Waals surface area (Å²) in [4.78, 5) is 21.1. The van der Waals surface area contributed by atoms with Gasteiger partial charge >= 0.3 is 0 Å². The van der Waals surface area contributed by atoms with Crippen molar-refractivity contribution in [2.24, 2.45) is 0 Å². The van der Waals surface area contributed by atoms with Gasteiger partial charge in [-0.25, -0.2) is 4.98 Å². The van der Waals surface area contributed by atoms with Crippen molar-refractivity contribution < 1.29 is 4.79 Å². The number of piperazine rings is 1. The summed E-state index contributed by atoms with van der Waals surface area (Å²) in [5.74, 6) is -0.236. The molecule has 1 aliphatic rings. The van der Waals surface area contributed by atoms with Crippen LogP contribution in [-0.2, 0) is 0 Å². The number of carbonyl (C=O) groups is 1. The monoisotopic (exact) mass is 378 g/mol. The number of rotatable bonds is 4. The minimum atomic E-state index is -0.236. The van der Waals surface area contributed by atoms with E-state index in [-0.39, 0.29) is 11.1 Å². The van der Waals surface area contributed by atoms with Gasteiger partial charge < -0.3 is 15.1 Å². The lowest BCUT2D eigenvalue weighted by atomic mass is 10.2. The fourth-order valence-electron chi connectivity index (χ4n) is 2.93. The molecule has 0 saturated carbocycles. The first-order valence-electron chi connectivity index (χ1n) is 8.26. The molecule has 0 atom stereocenters. The van der Waals surface area contributed by atoms with E-state index >= 15 is 0 Å². The van der Waals surface area contributed by atoms with Crippen molar-refractivity contribution >= 4 is 40.5 Å². The minimum Gasteiger partial charge on any atom is -0.367 e. The van der Waals surface area contributed by atoms with Crippen LogP contribution in [0.1, 0.15) is 17.3 Å². The first-order valence-corrected chi connectivity index (χ1v) is 9.02. The van der Waals surface area contributed by atoms with Crippen LogP contribution in [0, 0.1) is 0 Å². The van der Waals surface area contributed by atoms with E-state index in [1.54, 1.807) is 18.2 Å². The van der Waals surface area contributed by atoms with Gasteiger partial charge in [0.05, 0.1) is 11.4 Å². The third-order valence-corrected chi connectivity index (χ3v) is 4.80. The number of benzene rings is 1. The molecular weight excluding hydrogens is 359 g/mol. The number of nitrogens with one attached hydrogen (secondary N) is 1. The number of nitrogens with zero attached hydrogens (tertiary/aromatic N) is 3. The molecule has 1 N–H and O–H groups in total. The van der Waals surface area contributed by atoms with Gasteiger partial charge in [-0.2, -0.15) is 0 Å². The van der Waals surface area contributed by atoms with Crippen LogP contribution < -0.4 is 10.2 Å². The predicted molar refractivity (Wildman–Crippen MR) is 103 cm³/mol. The third-order valence-electron chi connectivity index (χ3n) is 4.36. The number of hydrogen-bond donors (Lipinski definition) is 1. The smallest absolute Gasteiger partial charge is 0.255 e. The average Bonchev–Trinajstić information content (AvgIpc) is 2.62. The van der Waals surface area contributed by atoms with Crippen LogP contribution >= 0.6 is 23.2 Å². The molecule has 0 radical (unpaired) electrons. The topological polar surface area (TPSA) is 48.5 Å². The SMILES string of the molecule is CCN1CCN(c2ccc(Cl)cc2NC(=O)c2ccnc(Cl)c2)CC1. The highest BCUT2D eigenvalue weighted by Crippen LogP contribution is 2.30.